The lowest BCUT2D eigenvalue weighted by atomic mass is 10.1. The van der Waals surface area contributed by atoms with E-state index in [-0.39, 0.29) is 11.6 Å². The number of hydrazone groups is 1. The summed E-state index contributed by atoms with van der Waals surface area (Å²) in [5, 5.41) is 4.04. The number of carbonyl (C=O) groups is 1. The van der Waals surface area contributed by atoms with Crippen LogP contribution in [0, 0.1) is 13.8 Å². The van der Waals surface area contributed by atoms with Gasteiger partial charge in [0.25, 0.3) is 5.91 Å². The van der Waals surface area contributed by atoms with Crippen molar-refractivity contribution >= 4 is 17.3 Å². The van der Waals surface area contributed by atoms with Crippen LogP contribution in [0.1, 0.15) is 11.1 Å². The van der Waals surface area contributed by atoms with Gasteiger partial charge < -0.3 is 0 Å². The smallest absolute Gasteiger partial charge is 0.292 e. The number of nitrogens with one attached hydrogen (secondary N) is 3. The standard InChI is InChI=1S/C12H14N4O/c1-7-4-5-10(8(2)6-7)14-15-11-9(3)13-16-12(11)17/h4-6,13-14H,3H2,1-2H3,(H,16,17). The second-order valence-corrected chi connectivity index (χ2v) is 3.95. The number of aryl methyl sites for hydroxylation is 2. The van der Waals surface area contributed by atoms with Crippen molar-refractivity contribution in [1.82, 2.24) is 10.9 Å². The number of anilines is 1. The van der Waals surface area contributed by atoms with Crippen molar-refractivity contribution in [3.8, 4) is 0 Å². The molecule has 0 unspecified atom stereocenters. The van der Waals surface area contributed by atoms with Gasteiger partial charge in [-0.25, -0.2) is 0 Å². The Morgan fingerprint density at radius 3 is 2.65 bits per heavy atom. The van der Waals surface area contributed by atoms with E-state index in [0.717, 1.165) is 11.3 Å². The third-order valence-electron chi connectivity index (χ3n) is 2.50. The van der Waals surface area contributed by atoms with E-state index in [0.29, 0.717) is 5.70 Å². The van der Waals surface area contributed by atoms with Crippen molar-refractivity contribution in [3.63, 3.8) is 0 Å². The molecule has 0 spiro atoms. The Bertz CT molecular complexity index is 501. The molecular weight excluding hydrogens is 216 g/mol. The first-order chi connectivity index (χ1) is 8.08. The van der Waals surface area contributed by atoms with E-state index in [1.807, 2.05) is 32.0 Å². The number of carbonyl (C=O) groups excluding carboxylic acids is 1. The molecule has 1 aliphatic rings. The molecule has 3 N–H and O–H groups in total. The molecule has 1 aromatic rings. The molecule has 2 rings (SSSR count). The Morgan fingerprint density at radius 1 is 1.29 bits per heavy atom. The highest BCUT2D eigenvalue weighted by molar-refractivity contribution is 6.46. The Labute approximate surface area is 99.6 Å². The minimum absolute atomic E-state index is 0.268. The minimum atomic E-state index is -0.285. The van der Waals surface area contributed by atoms with Crippen LogP contribution in [0.3, 0.4) is 0 Å². The SMILES string of the molecule is C=C1NNC(=O)C1=NNc1ccc(C)cc1C. The Kier molecular flexibility index (Phi) is 2.82. The zero-order chi connectivity index (χ0) is 12.4. The van der Waals surface area contributed by atoms with Gasteiger partial charge in [0.1, 0.15) is 0 Å². The highest BCUT2D eigenvalue weighted by atomic mass is 16.2. The topological polar surface area (TPSA) is 65.5 Å². The van der Waals surface area contributed by atoms with Crippen LogP contribution in [-0.2, 0) is 4.79 Å². The monoisotopic (exact) mass is 230 g/mol. The highest BCUT2D eigenvalue weighted by Crippen LogP contribution is 2.16. The second kappa shape index (κ2) is 4.29. The van der Waals surface area contributed by atoms with Crippen molar-refractivity contribution < 1.29 is 4.79 Å². The molecule has 1 aliphatic heterocycles. The van der Waals surface area contributed by atoms with E-state index in [2.05, 4.69) is 28.0 Å². The maximum absolute atomic E-state index is 11.3. The lowest BCUT2D eigenvalue weighted by Crippen LogP contribution is -2.26. The van der Waals surface area contributed by atoms with Crippen LogP contribution in [-0.4, -0.2) is 11.6 Å². The van der Waals surface area contributed by atoms with Crippen molar-refractivity contribution in [2.45, 2.75) is 13.8 Å². The zero-order valence-electron chi connectivity index (χ0n) is 9.79. The molecule has 1 aromatic carbocycles. The van der Waals surface area contributed by atoms with Gasteiger partial charge in [-0.2, -0.15) is 5.10 Å². The molecule has 0 atom stereocenters. The summed E-state index contributed by atoms with van der Waals surface area (Å²) in [7, 11) is 0. The maximum atomic E-state index is 11.3. The van der Waals surface area contributed by atoms with Gasteiger partial charge in [-0.15, -0.1) is 0 Å². The van der Waals surface area contributed by atoms with Gasteiger partial charge in [-0.3, -0.25) is 21.1 Å². The van der Waals surface area contributed by atoms with E-state index in [4.69, 9.17) is 0 Å². The van der Waals surface area contributed by atoms with Crippen LogP contribution in [0.5, 0.6) is 0 Å². The highest BCUT2D eigenvalue weighted by Gasteiger charge is 2.22. The quantitative estimate of drug-likeness (QED) is 0.669. The van der Waals surface area contributed by atoms with Crippen LogP contribution < -0.4 is 16.3 Å². The van der Waals surface area contributed by atoms with E-state index < -0.39 is 0 Å². The van der Waals surface area contributed by atoms with E-state index >= 15 is 0 Å². The Hall–Kier alpha value is -2.30. The van der Waals surface area contributed by atoms with Crippen molar-refractivity contribution in [1.29, 1.82) is 0 Å². The molecule has 0 aliphatic carbocycles. The van der Waals surface area contributed by atoms with Gasteiger partial charge in [-0.05, 0) is 25.5 Å². The summed E-state index contributed by atoms with van der Waals surface area (Å²) in [6, 6.07) is 5.96. The van der Waals surface area contributed by atoms with Gasteiger partial charge in [-0.1, -0.05) is 24.3 Å². The van der Waals surface area contributed by atoms with Gasteiger partial charge in [0.15, 0.2) is 5.71 Å². The molecule has 17 heavy (non-hydrogen) atoms. The van der Waals surface area contributed by atoms with Crippen LogP contribution in [0.15, 0.2) is 35.6 Å². The molecule has 5 nitrogen and oxygen atoms in total. The largest absolute Gasteiger partial charge is 0.296 e. The molecular formula is C12H14N4O. The summed E-state index contributed by atoms with van der Waals surface area (Å²) in [4.78, 5) is 11.3. The number of hydrazine groups is 1. The van der Waals surface area contributed by atoms with Crippen LogP contribution >= 0.6 is 0 Å². The Balaban J connectivity index is 2.19. The fraction of sp³-hybridized carbons (Fsp3) is 0.167. The summed E-state index contributed by atoms with van der Waals surface area (Å²) in [5.41, 5.74) is 11.8. The molecule has 0 aromatic heterocycles. The van der Waals surface area contributed by atoms with E-state index in [9.17, 15) is 4.79 Å². The third kappa shape index (κ3) is 2.28. The van der Waals surface area contributed by atoms with Gasteiger partial charge in [0.05, 0.1) is 11.4 Å². The van der Waals surface area contributed by atoms with Crippen molar-refractivity contribution in [2.24, 2.45) is 5.10 Å². The number of nitrogens with zero attached hydrogens (tertiary/aromatic N) is 1. The fourth-order valence-electron chi connectivity index (χ4n) is 1.56. The zero-order valence-corrected chi connectivity index (χ0v) is 9.79. The average molecular weight is 230 g/mol. The van der Waals surface area contributed by atoms with Gasteiger partial charge >= 0.3 is 0 Å². The number of hydrogen-bond donors (Lipinski definition) is 3. The van der Waals surface area contributed by atoms with E-state index in [1.165, 1.54) is 5.56 Å². The van der Waals surface area contributed by atoms with Crippen molar-refractivity contribution in [2.75, 3.05) is 5.43 Å². The number of rotatable bonds is 2. The molecule has 1 saturated heterocycles. The summed E-state index contributed by atoms with van der Waals surface area (Å²) in [6.07, 6.45) is 0. The lowest BCUT2D eigenvalue weighted by Gasteiger charge is -2.06. The molecule has 88 valence electrons. The molecule has 0 saturated carbocycles. The normalized spacial score (nSPS) is 16.9. The first-order valence-electron chi connectivity index (χ1n) is 5.24. The summed E-state index contributed by atoms with van der Waals surface area (Å²) < 4.78 is 0. The van der Waals surface area contributed by atoms with Crippen LogP contribution in [0.25, 0.3) is 0 Å². The predicted octanol–water partition coefficient (Wildman–Crippen LogP) is 1.22. The first kappa shape index (κ1) is 11.2. The van der Waals surface area contributed by atoms with Crippen LogP contribution in [0.2, 0.25) is 0 Å². The summed E-state index contributed by atoms with van der Waals surface area (Å²) in [6.45, 7) is 7.68. The van der Waals surface area contributed by atoms with E-state index in [1.54, 1.807) is 0 Å². The molecule has 1 amide bonds. The van der Waals surface area contributed by atoms with Crippen molar-refractivity contribution in [3.05, 3.63) is 41.6 Å². The number of benzene rings is 1. The molecule has 1 heterocycles. The maximum Gasteiger partial charge on any atom is 0.292 e. The fourth-order valence-corrected chi connectivity index (χ4v) is 1.56. The average Bonchev–Trinajstić information content (AvgIpc) is 2.58. The lowest BCUT2D eigenvalue weighted by molar-refractivity contribution is -0.114. The van der Waals surface area contributed by atoms with Gasteiger partial charge in [0.2, 0.25) is 0 Å². The second-order valence-electron chi connectivity index (χ2n) is 3.95. The number of hydrogen-bond acceptors (Lipinski definition) is 4. The molecule has 0 radical (unpaired) electrons. The molecule has 5 heteroatoms. The van der Waals surface area contributed by atoms with Gasteiger partial charge in [0, 0.05) is 0 Å². The summed E-state index contributed by atoms with van der Waals surface area (Å²) >= 11 is 0. The minimum Gasteiger partial charge on any atom is -0.296 e. The summed E-state index contributed by atoms with van der Waals surface area (Å²) in [5.74, 6) is -0.285. The van der Waals surface area contributed by atoms with Crippen LogP contribution in [0.4, 0.5) is 5.69 Å². The first-order valence-corrected chi connectivity index (χ1v) is 5.24. The third-order valence-corrected chi connectivity index (χ3v) is 2.50. The number of amides is 1. The molecule has 1 fully saturated rings. The Morgan fingerprint density at radius 2 is 2.06 bits per heavy atom. The predicted molar refractivity (Wildman–Crippen MR) is 67.4 cm³/mol. The molecule has 0 bridgehead atoms.